The highest BCUT2D eigenvalue weighted by Crippen LogP contribution is 2.19. The summed E-state index contributed by atoms with van der Waals surface area (Å²) in [6, 6.07) is 19.4. The number of methoxy groups -OCH3 is 1. The van der Waals surface area contributed by atoms with Gasteiger partial charge in [0.2, 0.25) is 0 Å². The Kier molecular flexibility index (Phi) is 4.80. The van der Waals surface area contributed by atoms with Gasteiger partial charge in [0, 0.05) is 7.11 Å². The predicted octanol–water partition coefficient (Wildman–Crippen LogP) is 2.55. The van der Waals surface area contributed by atoms with E-state index in [1.807, 2.05) is 60.7 Å². The van der Waals surface area contributed by atoms with Gasteiger partial charge in [-0.05, 0) is 11.1 Å². The molecule has 0 spiro atoms. The predicted molar refractivity (Wildman–Crippen MR) is 86.8 cm³/mol. The Balaban J connectivity index is 1.89. The summed E-state index contributed by atoms with van der Waals surface area (Å²) in [6.45, 7) is 0.940. The first kappa shape index (κ1) is 15.4. The van der Waals surface area contributed by atoms with Crippen LogP contribution in [0.1, 0.15) is 28.9 Å². The number of aromatic nitrogens is 3. The summed E-state index contributed by atoms with van der Waals surface area (Å²) in [5.41, 5.74) is 1.89. The van der Waals surface area contributed by atoms with Crippen LogP contribution in [0.25, 0.3) is 0 Å². The standard InChI is InChI=1S/C18H19N3O2/c1-23-13-16-19-18(17(22)15-10-6-3-7-11-15)20-21(16)12-14-8-4-2-5-9-14/h2-11,17,22H,12-13H2,1H3. The molecule has 23 heavy (non-hydrogen) atoms. The molecule has 0 bridgehead atoms. The average Bonchev–Trinajstić information content (AvgIpc) is 2.99. The van der Waals surface area contributed by atoms with E-state index in [1.54, 1.807) is 11.8 Å². The number of ether oxygens (including phenoxy) is 1. The van der Waals surface area contributed by atoms with Crippen LogP contribution in [-0.2, 0) is 17.9 Å². The molecule has 0 aliphatic heterocycles. The first-order valence-electron chi connectivity index (χ1n) is 7.47. The molecule has 0 aliphatic rings. The molecule has 118 valence electrons. The van der Waals surface area contributed by atoms with Gasteiger partial charge in [0.1, 0.15) is 12.7 Å². The van der Waals surface area contributed by atoms with Crippen molar-refractivity contribution >= 4 is 0 Å². The number of aliphatic hydroxyl groups excluding tert-OH is 1. The second-order valence-electron chi connectivity index (χ2n) is 5.28. The summed E-state index contributed by atoms with van der Waals surface area (Å²) in [5.74, 6) is 1.08. The van der Waals surface area contributed by atoms with Gasteiger partial charge in [0.05, 0.1) is 6.54 Å². The first-order chi connectivity index (χ1) is 11.3. The Morgan fingerprint density at radius 2 is 1.70 bits per heavy atom. The van der Waals surface area contributed by atoms with Gasteiger partial charge in [-0.1, -0.05) is 60.7 Å². The highest BCUT2D eigenvalue weighted by Gasteiger charge is 2.18. The molecule has 1 N–H and O–H groups in total. The van der Waals surface area contributed by atoms with Gasteiger partial charge in [-0.25, -0.2) is 9.67 Å². The quantitative estimate of drug-likeness (QED) is 0.760. The van der Waals surface area contributed by atoms with Gasteiger partial charge in [-0.15, -0.1) is 0 Å². The van der Waals surface area contributed by atoms with E-state index in [0.717, 1.165) is 11.1 Å². The van der Waals surface area contributed by atoms with Crippen molar-refractivity contribution in [2.75, 3.05) is 7.11 Å². The molecule has 3 rings (SSSR count). The Morgan fingerprint density at radius 1 is 1.04 bits per heavy atom. The topological polar surface area (TPSA) is 60.2 Å². The zero-order valence-electron chi connectivity index (χ0n) is 13.0. The van der Waals surface area contributed by atoms with Crippen molar-refractivity contribution in [2.24, 2.45) is 0 Å². The average molecular weight is 309 g/mol. The largest absolute Gasteiger partial charge is 0.380 e. The van der Waals surface area contributed by atoms with Crippen molar-refractivity contribution in [1.82, 2.24) is 14.8 Å². The molecule has 0 amide bonds. The van der Waals surface area contributed by atoms with E-state index in [9.17, 15) is 5.11 Å². The molecule has 3 aromatic rings. The highest BCUT2D eigenvalue weighted by atomic mass is 16.5. The van der Waals surface area contributed by atoms with Crippen molar-refractivity contribution in [1.29, 1.82) is 0 Å². The smallest absolute Gasteiger partial charge is 0.184 e. The van der Waals surface area contributed by atoms with Crippen LogP contribution in [0.2, 0.25) is 0 Å². The third-order valence-electron chi connectivity index (χ3n) is 3.57. The Morgan fingerprint density at radius 3 is 2.35 bits per heavy atom. The lowest BCUT2D eigenvalue weighted by atomic mass is 10.1. The fraction of sp³-hybridized carbons (Fsp3) is 0.222. The van der Waals surface area contributed by atoms with Crippen molar-refractivity contribution in [3.05, 3.63) is 83.4 Å². The maximum absolute atomic E-state index is 10.5. The zero-order valence-corrected chi connectivity index (χ0v) is 13.0. The summed E-state index contributed by atoms with van der Waals surface area (Å²) in [6.07, 6.45) is -0.844. The number of hydrogen-bond donors (Lipinski definition) is 1. The lowest BCUT2D eigenvalue weighted by Crippen LogP contribution is -2.08. The maximum atomic E-state index is 10.5. The van der Waals surface area contributed by atoms with E-state index in [1.165, 1.54) is 0 Å². The first-order valence-corrected chi connectivity index (χ1v) is 7.47. The summed E-state index contributed by atoms with van der Waals surface area (Å²) in [7, 11) is 1.62. The number of aliphatic hydroxyl groups is 1. The molecule has 1 aromatic heterocycles. The van der Waals surface area contributed by atoms with Crippen molar-refractivity contribution in [2.45, 2.75) is 19.3 Å². The summed E-state index contributed by atoms with van der Waals surface area (Å²) in [5, 5.41) is 15.0. The van der Waals surface area contributed by atoms with Gasteiger partial charge in [0.15, 0.2) is 11.6 Å². The fourth-order valence-corrected chi connectivity index (χ4v) is 2.41. The molecule has 5 heteroatoms. The van der Waals surface area contributed by atoms with E-state index < -0.39 is 6.10 Å². The second-order valence-corrected chi connectivity index (χ2v) is 5.28. The molecule has 0 aliphatic carbocycles. The van der Waals surface area contributed by atoms with Crippen LogP contribution in [0.3, 0.4) is 0 Å². The monoisotopic (exact) mass is 309 g/mol. The molecule has 0 saturated carbocycles. The molecular weight excluding hydrogens is 290 g/mol. The zero-order chi connectivity index (χ0) is 16.1. The van der Waals surface area contributed by atoms with Crippen LogP contribution in [0.15, 0.2) is 60.7 Å². The molecular formula is C18H19N3O2. The summed E-state index contributed by atoms with van der Waals surface area (Å²) >= 11 is 0. The lowest BCUT2D eigenvalue weighted by molar-refractivity contribution is 0.173. The van der Waals surface area contributed by atoms with Gasteiger partial charge >= 0.3 is 0 Å². The van der Waals surface area contributed by atoms with Crippen LogP contribution in [0.4, 0.5) is 0 Å². The number of nitrogens with zero attached hydrogens (tertiary/aromatic N) is 3. The normalized spacial score (nSPS) is 12.3. The van der Waals surface area contributed by atoms with Gasteiger partial charge in [0.25, 0.3) is 0 Å². The Bertz CT molecular complexity index is 741. The Hall–Kier alpha value is -2.50. The van der Waals surface area contributed by atoms with Crippen LogP contribution >= 0.6 is 0 Å². The Labute approximate surface area is 135 Å². The second kappa shape index (κ2) is 7.17. The third kappa shape index (κ3) is 3.64. The van der Waals surface area contributed by atoms with Crippen LogP contribution in [-0.4, -0.2) is 27.0 Å². The number of rotatable bonds is 6. The molecule has 1 heterocycles. The summed E-state index contributed by atoms with van der Waals surface area (Å²) < 4.78 is 6.98. The van der Waals surface area contributed by atoms with Gasteiger partial charge < -0.3 is 9.84 Å². The molecule has 1 atom stereocenters. The minimum absolute atomic E-state index is 0.349. The molecule has 0 fully saturated rings. The summed E-state index contributed by atoms with van der Waals surface area (Å²) in [4.78, 5) is 4.45. The van der Waals surface area contributed by atoms with Gasteiger partial charge in [-0.3, -0.25) is 0 Å². The molecule has 0 saturated heterocycles. The minimum atomic E-state index is -0.844. The van der Waals surface area contributed by atoms with Crippen LogP contribution in [0, 0.1) is 0 Å². The van der Waals surface area contributed by atoms with E-state index in [-0.39, 0.29) is 0 Å². The SMILES string of the molecule is COCc1nc(C(O)c2ccccc2)nn1Cc1ccccc1. The van der Waals surface area contributed by atoms with Crippen LogP contribution in [0.5, 0.6) is 0 Å². The van der Waals surface area contributed by atoms with Gasteiger partial charge in [-0.2, -0.15) is 5.10 Å². The molecule has 1 unspecified atom stereocenters. The van der Waals surface area contributed by atoms with Crippen molar-refractivity contribution in [3.8, 4) is 0 Å². The molecule has 2 aromatic carbocycles. The van der Waals surface area contributed by atoms with Crippen LogP contribution < -0.4 is 0 Å². The minimum Gasteiger partial charge on any atom is -0.380 e. The van der Waals surface area contributed by atoms with E-state index in [0.29, 0.717) is 24.8 Å². The van der Waals surface area contributed by atoms with E-state index in [4.69, 9.17) is 4.74 Å². The van der Waals surface area contributed by atoms with Crippen molar-refractivity contribution in [3.63, 3.8) is 0 Å². The molecule has 5 nitrogen and oxygen atoms in total. The molecule has 0 radical (unpaired) electrons. The highest BCUT2D eigenvalue weighted by molar-refractivity contribution is 5.23. The third-order valence-corrected chi connectivity index (χ3v) is 3.57. The maximum Gasteiger partial charge on any atom is 0.184 e. The van der Waals surface area contributed by atoms with E-state index >= 15 is 0 Å². The van der Waals surface area contributed by atoms with Crippen molar-refractivity contribution < 1.29 is 9.84 Å². The number of benzene rings is 2. The lowest BCUT2D eigenvalue weighted by Gasteiger charge is -2.06. The number of hydrogen-bond acceptors (Lipinski definition) is 4. The fourth-order valence-electron chi connectivity index (χ4n) is 2.41. The van der Waals surface area contributed by atoms with E-state index in [2.05, 4.69) is 10.1 Å².